The van der Waals surface area contributed by atoms with Crippen molar-refractivity contribution in [3.63, 3.8) is 0 Å². The molecule has 6 N–H and O–H groups in total. The van der Waals surface area contributed by atoms with E-state index < -0.39 is 75.7 Å². The van der Waals surface area contributed by atoms with E-state index >= 15 is 0 Å². The second kappa shape index (κ2) is 30.5. The number of allylic oxidation sites excluding steroid dienone is 4. The molecule has 1 saturated carbocycles. The summed E-state index contributed by atoms with van der Waals surface area (Å²) in [5.74, 6) is -1.12. The van der Waals surface area contributed by atoms with Crippen molar-refractivity contribution in [3.8, 4) is 0 Å². The molecule has 0 aromatic heterocycles. The molecule has 0 bridgehead atoms. The summed E-state index contributed by atoms with van der Waals surface area (Å²) in [6.45, 7) is 3.20. The van der Waals surface area contributed by atoms with Crippen LogP contribution in [0.15, 0.2) is 24.3 Å². The molecule has 0 aromatic rings. The highest BCUT2D eigenvalue weighted by Gasteiger charge is 2.51. The van der Waals surface area contributed by atoms with Gasteiger partial charge in [0.1, 0.15) is 43.2 Å². The van der Waals surface area contributed by atoms with E-state index in [1.807, 2.05) is 0 Å². The van der Waals surface area contributed by atoms with Crippen LogP contribution in [-0.4, -0.2) is 98.3 Å². The summed E-state index contributed by atoms with van der Waals surface area (Å²) >= 11 is 0. The Labute approximate surface area is 317 Å². The number of carbonyl (C=O) groups is 2. The summed E-state index contributed by atoms with van der Waals surface area (Å²) in [5.41, 5.74) is 0. The molecular weight excluding hydrogens is 707 g/mol. The molecule has 1 aliphatic carbocycles. The van der Waals surface area contributed by atoms with E-state index in [9.17, 15) is 44.6 Å². The molecule has 1 aliphatic rings. The second-order valence-electron chi connectivity index (χ2n) is 14.1. The van der Waals surface area contributed by atoms with Gasteiger partial charge in [-0.15, -0.1) is 0 Å². The highest BCUT2D eigenvalue weighted by Crippen LogP contribution is 2.47. The average molecular weight is 779 g/mol. The fraction of sp³-hybridized carbons (Fsp3) is 0.846. The zero-order chi connectivity index (χ0) is 39.3. The number of phosphoric acid groups is 1. The molecule has 8 atom stereocenters. The monoisotopic (exact) mass is 778 g/mol. The van der Waals surface area contributed by atoms with Crippen molar-refractivity contribution in [1.29, 1.82) is 0 Å². The first-order valence-electron chi connectivity index (χ1n) is 20.1. The van der Waals surface area contributed by atoms with E-state index in [-0.39, 0.29) is 12.8 Å². The first kappa shape index (κ1) is 49.3. The Morgan fingerprint density at radius 2 is 1.04 bits per heavy atom. The van der Waals surface area contributed by atoms with Crippen LogP contribution in [0.2, 0.25) is 0 Å². The third-order valence-electron chi connectivity index (χ3n) is 9.30. The van der Waals surface area contributed by atoms with Crippen LogP contribution in [-0.2, 0) is 32.7 Å². The fourth-order valence-electron chi connectivity index (χ4n) is 5.95. The molecule has 13 nitrogen and oxygen atoms in total. The molecule has 0 heterocycles. The molecule has 310 valence electrons. The standard InChI is InChI=1S/C39H71O13P/c1-3-5-7-9-11-13-15-16-17-18-20-21-23-25-27-32(40)49-29-31(51-33(41)28-26-24-22-19-14-12-10-8-6-4-2)30-50-53(47,48)52-39-37(45)35(43)34(42)36(44)38(39)46/h9,11,15-16,31,34-39,42-46H,3-8,10,12-14,17-30H2,1-2H3,(H,47,48)/b11-9+,16-15+/t31-,34?,35-,36?,37?,38?,39?/m0/s1. The van der Waals surface area contributed by atoms with Gasteiger partial charge in [0.25, 0.3) is 0 Å². The van der Waals surface area contributed by atoms with Crippen LogP contribution in [0.3, 0.4) is 0 Å². The van der Waals surface area contributed by atoms with E-state index in [4.69, 9.17) is 18.5 Å². The lowest BCUT2D eigenvalue weighted by atomic mass is 9.85. The fourth-order valence-corrected chi connectivity index (χ4v) is 6.92. The van der Waals surface area contributed by atoms with Crippen molar-refractivity contribution < 1.29 is 63.1 Å². The van der Waals surface area contributed by atoms with Crippen LogP contribution in [0.1, 0.15) is 155 Å². The van der Waals surface area contributed by atoms with Crippen LogP contribution in [0, 0.1) is 0 Å². The van der Waals surface area contributed by atoms with E-state index in [0.717, 1.165) is 70.6 Å². The van der Waals surface area contributed by atoms with E-state index in [0.29, 0.717) is 12.8 Å². The summed E-state index contributed by atoms with van der Waals surface area (Å²) in [4.78, 5) is 35.4. The SMILES string of the molecule is CCCC/C=C/C/C=C/CCCCCCCC(=O)OC[C@@H](COP(=O)(O)OC1C(O)C(O)C(O)[C@H](O)C1O)OC(=O)CCCCCCCCCCCC. The number of esters is 2. The topological polar surface area (TPSA) is 210 Å². The molecule has 0 aromatic carbocycles. The zero-order valence-electron chi connectivity index (χ0n) is 32.3. The number of hydrogen-bond donors (Lipinski definition) is 6. The van der Waals surface area contributed by atoms with Crippen molar-refractivity contribution >= 4 is 19.8 Å². The zero-order valence-corrected chi connectivity index (χ0v) is 33.2. The van der Waals surface area contributed by atoms with Crippen molar-refractivity contribution in [2.75, 3.05) is 13.2 Å². The van der Waals surface area contributed by atoms with Gasteiger partial charge < -0.3 is 39.9 Å². The number of hydrogen-bond acceptors (Lipinski definition) is 12. The summed E-state index contributed by atoms with van der Waals surface area (Å²) in [6, 6.07) is 0. The summed E-state index contributed by atoms with van der Waals surface area (Å²) in [7, 11) is -5.11. The Balaban J connectivity index is 2.53. The molecule has 1 fully saturated rings. The van der Waals surface area contributed by atoms with Crippen LogP contribution in [0.5, 0.6) is 0 Å². The molecular formula is C39H71O13P. The Morgan fingerprint density at radius 1 is 0.585 bits per heavy atom. The molecule has 14 heteroatoms. The first-order chi connectivity index (χ1) is 25.4. The second-order valence-corrected chi connectivity index (χ2v) is 15.5. The van der Waals surface area contributed by atoms with Crippen LogP contribution in [0.4, 0.5) is 0 Å². The van der Waals surface area contributed by atoms with E-state index in [2.05, 4.69) is 38.2 Å². The summed E-state index contributed by atoms with van der Waals surface area (Å²) < 4.78 is 33.3. The molecule has 6 unspecified atom stereocenters. The predicted octanol–water partition coefficient (Wildman–Crippen LogP) is 6.50. The van der Waals surface area contributed by atoms with Gasteiger partial charge in [-0.1, -0.05) is 128 Å². The maximum Gasteiger partial charge on any atom is 0.472 e. The molecule has 0 amide bonds. The van der Waals surface area contributed by atoms with Crippen molar-refractivity contribution in [1.82, 2.24) is 0 Å². The van der Waals surface area contributed by atoms with Gasteiger partial charge in [-0.2, -0.15) is 0 Å². The quantitative estimate of drug-likeness (QED) is 0.0187. The van der Waals surface area contributed by atoms with Gasteiger partial charge in [-0.05, 0) is 38.5 Å². The Hall–Kier alpha value is -1.67. The smallest absolute Gasteiger partial charge is 0.462 e. The number of aliphatic hydroxyl groups is 5. The van der Waals surface area contributed by atoms with Gasteiger partial charge in [0.05, 0.1) is 6.61 Å². The highest BCUT2D eigenvalue weighted by atomic mass is 31.2. The number of unbranched alkanes of at least 4 members (excludes halogenated alkanes) is 16. The van der Waals surface area contributed by atoms with Gasteiger partial charge in [0, 0.05) is 12.8 Å². The van der Waals surface area contributed by atoms with Crippen LogP contribution in [0.25, 0.3) is 0 Å². The first-order valence-corrected chi connectivity index (χ1v) is 21.6. The maximum atomic E-state index is 12.7. The van der Waals surface area contributed by atoms with Crippen molar-refractivity contribution in [2.24, 2.45) is 0 Å². The minimum Gasteiger partial charge on any atom is -0.462 e. The Kier molecular flexibility index (Phi) is 28.4. The van der Waals surface area contributed by atoms with Crippen molar-refractivity contribution in [2.45, 2.75) is 198 Å². The van der Waals surface area contributed by atoms with Gasteiger partial charge in [-0.25, -0.2) is 4.57 Å². The lowest BCUT2D eigenvalue weighted by molar-refractivity contribution is -0.220. The minimum absolute atomic E-state index is 0.0959. The number of carbonyl (C=O) groups excluding carboxylic acids is 2. The molecule has 0 saturated heterocycles. The summed E-state index contributed by atoms with van der Waals surface area (Å²) in [5, 5.41) is 49.9. The van der Waals surface area contributed by atoms with Gasteiger partial charge in [0.2, 0.25) is 0 Å². The van der Waals surface area contributed by atoms with Gasteiger partial charge in [0.15, 0.2) is 6.10 Å². The summed E-state index contributed by atoms with van der Waals surface area (Å²) in [6.07, 6.45) is 16.8. The maximum absolute atomic E-state index is 12.7. The number of rotatable bonds is 32. The molecule has 0 radical (unpaired) electrons. The average Bonchev–Trinajstić information content (AvgIpc) is 3.13. The third kappa shape index (κ3) is 23.8. The largest absolute Gasteiger partial charge is 0.472 e. The third-order valence-corrected chi connectivity index (χ3v) is 10.3. The van der Waals surface area contributed by atoms with Gasteiger partial charge >= 0.3 is 19.8 Å². The van der Waals surface area contributed by atoms with E-state index in [1.165, 1.54) is 44.9 Å². The molecule has 1 rings (SSSR count). The van der Waals surface area contributed by atoms with Crippen LogP contribution >= 0.6 is 7.82 Å². The van der Waals surface area contributed by atoms with E-state index in [1.54, 1.807) is 0 Å². The Bertz CT molecular complexity index is 1040. The lowest BCUT2D eigenvalue weighted by Crippen LogP contribution is -2.64. The Morgan fingerprint density at radius 3 is 1.58 bits per heavy atom. The number of ether oxygens (including phenoxy) is 2. The minimum atomic E-state index is -5.11. The molecule has 53 heavy (non-hydrogen) atoms. The number of aliphatic hydroxyl groups excluding tert-OH is 5. The highest BCUT2D eigenvalue weighted by molar-refractivity contribution is 7.47. The molecule has 0 aliphatic heterocycles. The van der Waals surface area contributed by atoms with Crippen molar-refractivity contribution in [3.05, 3.63) is 24.3 Å². The normalized spacial score (nSPS) is 23.7. The lowest BCUT2D eigenvalue weighted by Gasteiger charge is -2.41. The van der Waals surface area contributed by atoms with Crippen LogP contribution < -0.4 is 0 Å². The number of phosphoric ester groups is 1. The predicted molar refractivity (Wildman–Crippen MR) is 203 cm³/mol. The van der Waals surface area contributed by atoms with Gasteiger partial charge in [-0.3, -0.25) is 18.6 Å². The molecule has 0 spiro atoms.